The van der Waals surface area contributed by atoms with Crippen LogP contribution in [-0.2, 0) is 0 Å². The molecule has 3 aromatic rings. The molecule has 1 aliphatic carbocycles. The molecule has 0 bridgehead atoms. The number of pyridine rings is 3. The van der Waals surface area contributed by atoms with E-state index in [1.54, 1.807) is 31.6 Å². The van der Waals surface area contributed by atoms with Crippen LogP contribution in [0.4, 0.5) is 0 Å². The molecule has 1 N–H and O–H groups in total. The molecular formula is C24H28N4O2. The lowest BCUT2D eigenvalue weighted by Crippen LogP contribution is -2.41. The van der Waals surface area contributed by atoms with Crippen molar-refractivity contribution in [3.8, 4) is 5.88 Å². The number of fused-ring (bicyclic) bond motifs is 1. The molecule has 0 spiro atoms. The molecule has 6 heteroatoms. The Labute approximate surface area is 177 Å². The van der Waals surface area contributed by atoms with Gasteiger partial charge in [0.25, 0.3) is 5.91 Å². The number of ether oxygens (including phenoxy) is 1. The summed E-state index contributed by atoms with van der Waals surface area (Å²) >= 11 is 0. The van der Waals surface area contributed by atoms with Gasteiger partial charge in [0.1, 0.15) is 0 Å². The number of hydrogen-bond donors (Lipinski definition) is 1. The molecule has 6 nitrogen and oxygen atoms in total. The van der Waals surface area contributed by atoms with E-state index in [4.69, 9.17) is 4.74 Å². The second-order valence-corrected chi connectivity index (χ2v) is 7.96. The van der Waals surface area contributed by atoms with Gasteiger partial charge in [-0.05, 0) is 73.8 Å². The second-order valence-electron chi connectivity index (χ2n) is 7.96. The number of nitrogens with one attached hydrogen (secondary N) is 1. The third-order valence-electron chi connectivity index (χ3n) is 6.29. The van der Waals surface area contributed by atoms with Crippen LogP contribution in [0.15, 0.2) is 48.9 Å². The topological polar surface area (TPSA) is 77.0 Å². The molecule has 156 valence electrons. The molecule has 1 fully saturated rings. The largest absolute Gasteiger partial charge is 0.481 e. The van der Waals surface area contributed by atoms with Crippen molar-refractivity contribution in [2.24, 2.45) is 5.92 Å². The zero-order chi connectivity index (χ0) is 20.9. The molecule has 3 heterocycles. The molecule has 1 unspecified atom stereocenters. The Morgan fingerprint density at radius 3 is 2.60 bits per heavy atom. The molecular weight excluding hydrogens is 376 g/mol. The Hall–Kier alpha value is -3.02. The first-order valence-corrected chi connectivity index (χ1v) is 10.7. The van der Waals surface area contributed by atoms with E-state index in [2.05, 4.69) is 39.3 Å². The van der Waals surface area contributed by atoms with E-state index in [1.807, 2.05) is 12.3 Å². The lowest BCUT2D eigenvalue weighted by atomic mass is 9.75. The number of carbonyl (C=O) groups is 1. The molecule has 0 aliphatic heterocycles. The Morgan fingerprint density at radius 2 is 1.90 bits per heavy atom. The molecule has 1 aliphatic rings. The summed E-state index contributed by atoms with van der Waals surface area (Å²) in [5.41, 5.74) is 2.75. The zero-order valence-corrected chi connectivity index (χ0v) is 17.5. The van der Waals surface area contributed by atoms with Crippen LogP contribution in [0.25, 0.3) is 11.0 Å². The fraction of sp³-hybridized carbons (Fsp3) is 0.417. The molecule has 3 aromatic heterocycles. The van der Waals surface area contributed by atoms with Gasteiger partial charge in [-0.25, -0.2) is 15.0 Å². The average molecular weight is 405 g/mol. The van der Waals surface area contributed by atoms with E-state index in [9.17, 15) is 4.79 Å². The SMILES string of the molecule is CCC(NC(=O)c1ccc(OC)nc1)[C@H]1CC[C@H](c2ccnc3ncccc32)CC1. The van der Waals surface area contributed by atoms with Crippen molar-refractivity contribution in [2.45, 2.75) is 51.0 Å². The molecule has 30 heavy (non-hydrogen) atoms. The minimum absolute atomic E-state index is 0.0645. The fourth-order valence-electron chi connectivity index (χ4n) is 4.63. The first-order valence-electron chi connectivity index (χ1n) is 10.7. The monoisotopic (exact) mass is 404 g/mol. The third-order valence-corrected chi connectivity index (χ3v) is 6.29. The zero-order valence-electron chi connectivity index (χ0n) is 17.5. The molecule has 1 amide bonds. The van der Waals surface area contributed by atoms with Crippen LogP contribution in [0.5, 0.6) is 5.88 Å². The number of aromatic nitrogens is 3. The minimum atomic E-state index is -0.0645. The van der Waals surface area contributed by atoms with Gasteiger partial charge in [0, 0.05) is 36.1 Å². The van der Waals surface area contributed by atoms with Crippen molar-refractivity contribution in [3.63, 3.8) is 0 Å². The summed E-state index contributed by atoms with van der Waals surface area (Å²) in [7, 11) is 1.57. The minimum Gasteiger partial charge on any atom is -0.481 e. The smallest absolute Gasteiger partial charge is 0.253 e. The highest BCUT2D eigenvalue weighted by atomic mass is 16.5. The number of carbonyl (C=O) groups excluding carboxylic acids is 1. The number of amides is 1. The van der Waals surface area contributed by atoms with Gasteiger partial charge in [0.15, 0.2) is 5.65 Å². The van der Waals surface area contributed by atoms with Crippen LogP contribution in [0.1, 0.15) is 60.9 Å². The lowest BCUT2D eigenvalue weighted by Gasteiger charge is -2.34. The average Bonchev–Trinajstić information content (AvgIpc) is 2.82. The quantitative estimate of drug-likeness (QED) is 0.654. The van der Waals surface area contributed by atoms with E-state index in [0.29, 0.717) is 23.3 Å². The highest BCUT2D eigenvalue weighted by molar-refractivity contribution is 5.94. The molecule has 1 saturated carbocycles. The van der Waals surface area contributed by atoms with E-state index in [1.165, 1.54) is 5.56 Å². The van der Waals surface area contributed by atoms with Gasteiger partial charge >= 0.3 is 0 Å². The number of nitrogens with zero attached hydrogens (tertiary/aromatic N) is 3. The van der Waals surface area contributed by atoms with Crippen molar-refractivity contribution >= 4 is 16.9 Å². The first kappa shape index (κ1) is 20.3. The summed E-state index contributed by atoms with van der Waals surface area (Å²) in [4.78, 5) is 25.6. The Morgan fingerprint density at radius 1 is 1.10 bits per heavy atom. The van der Waals surface area contributed by atoms with Gasteiger partial charge in [-0.1, -0.05) is 6.92 Å². The van der Waals surface area contributed by atoms with Gasteiger partial charge in [0.05, 0.1) is 12.7 Å². The maximum Gasteiger partial charge on any atom is 0.253 e. The van der Waals surface area contributed by atoms with Crippen molar-refractivity contribution in [1.82, 2.24) is 20.3 Å². The van der Waals surface area contributed by atoms with Gasteiger partial charge in [-0.15, -0.1) is 0 Å². The van der Waals surface area contributed by atoms with Crippen LogP contribution in [0.3, 0.4) is 0 Å². The van der Waals surface area contributed by atoms with Crippen LogP contribution < -0.4 is 10.1 Å². The normalized spacial score (nSPS) is 19.9. The van der Waals surface area contributed by atoms with Gasteiger partial charge in [-0.2, -0.15) is 0 Å². The van der Waals surface area contributed by atoms with Gasteiger partial charge in [0.2, 0.25) is 5.88 Å². The molecule has 0 saturated heterocycles. The molecule has 0 aromatic carbocycles. The number of rotatable bonds is 6. The Kier molecular flexibility index (Phi) is 6.21. The molecule has 4 rings (SSSR count). The molecule has 0 radical (unpaired) electrons. The maximum atomic E-state index is 12.7. The lowest BCUT2D eigenvalue weighted by molar-refractivity contribution is 0.0909. The standard InChI is InChI=1S/C24H28N4O2/c1-3-21(28-24(29)18-10-11-22(30-2)27-15-18)17-8-6-16(7-9-17)19-12-14-26-23-20(19)5-4-13-25-23/h4-5,10-17,21H,3,6-9H2,1-2H3,(H,28,29)/t16-,17-,21?. The summed E-state index contributed by atoms with van der Waals surface area (Å²) in [6, 6.07) is 9.90. The van der Waals surface area contributed by atoms with E-state index in [-0.39, 0.29) is 11.9 Å². The summed E-state index contributed by atoms with van der Waals surface area (Å²) in [6.07, 6.45) is 10.6. The summed E-state index contributed by atoms with van der Waals surface area (Å²) in [5, 5.41) is 4.40. The Bertz CT molecular complexity index is 992. The summed E-state index contributed by atoms with van der Waals surface area (Å²) in [5.74, 6) is 1.46. The van der Waals surface area contributed by atoms with Crippen LogP contribution >= 0.6 is 0 Å². The first-order chi connectivity index (χ1) is 14.7. The van der Waals surface area contributed by atoms with Crippen LogP contribution in [0.2, 0.25) is 0 Å². The van der Waals surface area contributed by atoms with Crippen molar-refractivity contribution in [1.29, 1.82) is 0 Å². The fourth-order valence-corrected chi connectivity index (χ4v) is 4.63. The van der Waals surface area contributed by atoms with Crippen LogP contribution in [0, 0.1) is 5.92 Å². The van der Waals surface area contributed by atoms with Crippen LogP contribution in [-0.4, -0.2) is 34.0 Å². The highest BCUT2D eigenvalue weighted by Crippen LogP contribution is 2.39. The van der Waals surface area contributed by atoms with Crippen molar-refractivity contribution < 1.29 is 9.53 Å². The van der Waals surface area contributed by atoms with E-state index in [0.717, 1.165) is 43.1 Å². The highest BCUT2D eigenvalue weighted by Gasteiger charge is 2.29. The third kappa shape index (κ3) is 4.27. The second kappa shape index (κ2) is 9.20. The van der Waals surface area contributed by atoms with Crippen molar-refractivity contribution in [2.75, 3.05) is 7.11 Å². The predicted octanol–water partition coefficient (Wildman–Crippen LogP) is 4.52. The predicted molar refractivity (Wildman–Crippen MR) is 117 cm³/mol. The molecule has 1 atom stereocenters. The van der Waals surface area contributed by atoms with Gasteiger partial charge < -0.3 is 10.1 Å². The summed E-state index contributed by atoms with van der Waals surface area (Å²) < 4.78 is 5.07. The number of hydrogen-bond acceptors (Lipinski definition) is 5. The van der Waals surface area contributed by atoms with E-state index < -0.39 is 0 Å². The summed E-state index contributed by atoms with van der Waals surface area (Å²) in [6.45, 7) is 2.14. The Balaban J connectivity index is 1.40. The maximum absolute atomic E-state index is 12.7. The number of methoxy groups -OCH3 is 1. The van der Waals surface area contributed by atoms with Crippen molar-refractivity contribution in [3.05, 3.63) is 60.0 Å². The van der Waals surface area contributed by atoms with E-state index >= 15 is 0 Å². The van der Waals surface area contributed by atoms with Gasteiger partial charge in [-0.3, -0.25) is 4.79 Å².